The lowest BCUT2D eigenvalue weighted by molar-refractivity contribution is -0.122. The second-order valence-corrected chi connectivity index (χ2v) is 5.15. The van der Waals surface area contributed by atoms with Gasteiger partial charge >= 0.3 is 0 Å². The van der Waals surface area contributed by atoms with Gasteiger partial charge in [0.2, 0.25) is 11.0 Å². The van der Waals surface area contributed by atoms with Crippen LogP contribution in [-0.4, -0.2) is 16.1 Å². The van der Waals surface area contributed by atoms with Crippen LogP contribution in [0.2, 0.25) is 0 Å². The van der Waals surface area contributed by atoms with Gasteiger partial charge in [0.05, 0.1) is 0 Å². The number of anilines is 1. The lowest BCUT2D eigenvalue weighted by atomic mass is 9.81. The van der Waals surface area contributed by atoms with Gasteiger partial charge in [-0.1, -0.05) is 52.9 Å². The van der Waals surface area contributed by atoms with Crippen LogP contribution in [0, 0.1) is 11.3 Å². The zero-order chi connectivity index (χ0) is 12.8. The maximum Gasteiger partial charge on any atom is 0.229 e. The van der Waals surface area contributed by atoms with E-state index >= 15 is 0 Å². The van der Waals surface area contributed by atoms with E-state index in [9.17, 15) is 4.79 Å². The van der Waals surface area contributed by atoms with Gasteiger partial charge in [-0.25, -0.2) is 0 Å². The first-order valence-electron chi connectivity index (χ1n) is 5.48. The molecule has 1 heterocycles. The number of hydrogen-bond acceptors (Lipinski definition) is 4. The predicted molar refractivity (Wildman–Crippen MR) is 68.5 cm³/mol. The number of rotatable bonds is 2. The van der Waals surface area contributed by atoms with Gasteiger partial charge in [-0.2, -0.15) is 0 Å². The summed E-state index contributed by atoms with van der Waals surface area (Å²) in [5, 5.41) is 10.7. The molecule has 1 atom stereocenters. The van der Waals surface area contributed by atoms with Gasteiger partial charge in [0.1, 0.15) is 5.51 Å². The van der Waals surface area contributed by atoms with Gasteiger partial charge in [0.15, 0.2) is 0 Å². The van der Waals surface area contributed by atoms with Gasteiger partial charge in [-0.15, -0.1) is 10.2 Å². The molecule has 0 saturated carbocycles. The SMILES string of the molecule is CC.CC(C(=O)Nc1nncs1)C(C)(C)C. The van der Waals surface area contributed by atoms with Crippen molar-refractivity contribution in [2.75, 3.05) is 5.32 Å². The summed E-state index contributed by atoms with van der Waals surface area (Å²) in [5.74, 6) is -0.0550. The highest BCUT2D eigenvalue weighted by molar-refractivity contribution is 7.13. The van der Waals surface area contributed by atoms with Crippen molar-refractivity contribution in [2.45, 2.75) is 41.5 Å². The van der Waals surface area contributed by atoms with Crippen LogP contribution in [0.15, 0.2) is 5.51 Å². The molecule has 1 aromatic heterocycles. The van der Waals surface area contributed by atoms with Crippen LogP contribution in [0.25, 0.3) is 0 Å². The van der Waals surface area contributed by atoms with Crippen LogP contribution in [0.5, 0.6) is 0 Å². The quantitative estimate of drug-likeness (QED) is 0.868. The molecule has 0 aliphatic rings. The average Bonchev–Trinajstić information content (AvgIpc) is 2.71. The second kappa shape index (κ2) is 6.58. The summed E-state index contributed by atoms with van der Waals surface area (Å²) < 4.78 is 0. The summed E-state index contributed by atoms with van der Waals surface area (Å²) in [6, 6.07) is 0. The van der Waals surface area contributed by atoms with E-state index in [1.807, 2.05) is 41.5 Å². The molecule has 0 spiro atoms. The molecule has 0 aliphatic carbocycles. The van der Waals surface area contributed by atoms with Crippen molar-refractivity contribution in [3.05, 3.63) is 5.51 Å². The number of nitrogens with zero attached hydrogens (tertiary/aromatic N) is 2. The number of aromatic nitrogens is 2. The Labute approximate surface area is 101 Å². The van der Waals surface area contributed by atoms with Crippen LogP contribution in [0.1, 0.15) is 41.5 Å². The van der Waals surface area contributed by atoms with Gasteiger partial charge in [0, 0.05) is 5.92 Å². The van der Waals surface area contributed by atoms with E-state index in [0.29, 0.717) is 5.13 Å². The zero-order valence-electron chi connectivity index (χ0n) is 10.9. The third-order valence-corrected chi connectivity index (χ3v) is 2.89. The maximum atomic E-state index is 11.7. The normalized spacial score (nSPS) is 12.4. The zero-order valence-corrected chi connectivity index (χ0v) is 11.7. The molecule has 1 N–H and O–H groups in total. The molecule has 1 rings (SSSR count). The molecular formula is C11H21N3OS. The highest BCUT2D eigenvalue weighted by Gasteiger charge is 2.27. The Morgan fingerprint density at radius 1 is 1.44 bits per heavy atom. The van der Waals surface area contributed by atoms with Crippen LogP contribution in [-0.2, 0) is 4.79 Å². The molecule has 16 heavy (non-hydrogen) atoms. The molecular weight excluding hydrogens is 222 g/mol. The Hall–Kier alpha value is -0.970. The Balaban J connectivity index is 0.00000106. The highest BCUT2D eigenvalue weighted by atomic mass is 32.1. The standard InChI is InChI=1S/C9H15N3OS.C2H6/c1-6(9(2,3)4)7(13)11-8-12-10-5-14-8;1-2/h5-6H,1-4H3,(H,11,12,13);1-2H3. The Bertz CT molecular complexity index is 304. The fraction of sp³-hybridized carbons (Fsp3) is 0.727. The van der Waals surface area contributed by atoms with Crippen LogP contribution in [0.3, 0.4) is 0 Å². The number of carbonyl (C=O) groups excluding carboxylic acids is 1. The van der Waals surface area contributed by atoms with E-state index in [2.05, 4.69) is 15.5 Å². The lowest BCUT2D eigenvalue weighted by Gasteiger charge is -2.25. The lowest BCUT2D eigenvalue weighted by Crippen LogP contribution is -2.30. The monoisotopic (exact) mass is 243 g/mol. The third kappa shape index (κ3) is 4.70. The van der Waals surface area contributed by atoms with Crippen molar-refractivity contribution in [1.82, 2.24) is 10.2 Å². The Kier molecular flexibility index (Phi) is 6.18. The van der Waals surface area contributed by atoms with Crippen LogP contribution >= 0.6 is 11.3 Å². The van der Waals surface area contributed by atoms with Gasteiger partial charge < -0.3 is 5.32 Å². The van der Waals surface area contributed by atoms with E-state index in [1.54, 1.807) is 5.51 Å². The van der Waals surface area contributed by atoms with E-state index in [4.69, 9.17) is 0 Å². The van der Waals surface area contributed by atoms with Gasteiger partial charge in [-0.3, -0.25) is 4.79 Å². The average molecular weight is 243 g/mol. The molecule has 5 heteroatoms. The van der Waals surface area contributed by atoms with E-state index in [0.717, 1.165) is 0 Å². The molecule has 92 valence electrons. The Morgan fingerprint density at radius 3 is 2.38 bits per heavy atom. The molecule has 1 aromatic rings. The highest BCUT2D eigenvalue weighted by Crippen LogP contribution is 2.26. The number of amides is 1. The van der Waals surface area contributed by atoms with Crippen molar-refractivity contribution < 1.29 is 4.79 Å². The van der Waals surface area contributed by atoms with Crippen molar-refractivity contribution in [3.63, 3.8) is 0 Å². The van der Waals surface area contributed by atoms with Crippen LogP contribution in [0.4, 0.5) is 5.13 Å². The second-order valence-electron chi connectivity index (χ2n) is 4.32. The first kappa shape index (κ1) is 15.0. The summed E-state index contributed by atoms with van der Waals surface area (Å²) in [4.78, 5) is 11.7. The first-order valence-corrected chi connectivity index (χ1v) is 6.36. The molecule has 4 nitrogen and oxygen atoms in total. The fourth-order valence-corrected chi connectivity index (χ4v) is 1.28. The van der Waals surface area contributed by atoms with Gasteiger partial charge in [-0.05, 0) is 5.41 Å². The minimum atomic E-state index is -0.0496. The van der Waals surface area contributed by atoms with E-state index < -0.39 is 0 Å². The van der Waals surface area contributed by atoms with Crippen LogP contribution < -0.4 is 5.32 Å². The molecule has 0 radical (unpaired) electrons. The predicted octanol–water partition coefficient (Wildman–Crippen LogP) is 3.19. The molecule has 0 bridgehead atoms. The largest absolute Gasteiger partial charge is 0.300 e. The summed E-state index contributed by atoms with van der Waals surface area (Å²) in [7, 11) is 0. The fourth-order valence-electron chi connectivity index (χ4n) is 0.834. The number of carbonyl (C=O) groups is 1. The molecule has 0 saturated heterocycles. The summed E-state index contributed by atoms with van der Waals surface area (Å²) in [6.07, 6.45) is 0. The maximum absolute atomic E-state index is 11.7. The number of nitrogens with one attached hydrogen (secondary N) is 1. The molecule has 1 amide bonds. The molecule has 0 aromatic carbocycles. The van der Waals surface area contributed by atoms with Crippen molar-refractivity contribution in [3.8, 4) is 0 Å². The third-order valence-electron chi connectivity index (χ3n) is 2.28. The molecule has 1 unspecified atom stereocenters. The van der Waals surface area contributed by atoms with E-state index in [1.165, 1.54) is 11.3 Å². The van der Waals surface area contributed by atoms with E-state index in [-0.39, 0.29) is 17.2 Å². The minimum Gasteiger partial charge on any atom is -0.300 e. The summed E-state index contributed by atoms with van der Waals surface area (Å²) in [6.45, 7) is 12.0. The van der Waals surface area contributed by atoms with Crippen molar-refractivity contribution in [2.24, 2.45) is 11.3 Å². The first-order chi connectivity index (χ1) is 7.41. The topological polar surface area (TPSA) is 54.9 Å². The van der Waals surface area contributed by atoms with Crippen molar-refractivity contribution in [1.29, 1.82) is 0 Å². The molecule has 0 aliphatic heterocycles. The van der Waals surface area contributed by atoms with Crippen molar-refractivity contribution >= 4 is 22.4 Å². The number of hydrogen-bond donors (Lipinski definition) is 1. The smallest absolute Gasteiger partial charge is 0.229 e. The summed E-state index contributed by atoms with van der Waals surface area (Å²) in [5.41, 5.74) is 1.56. The Morgan fingerprint density at radius 2 is 2.00 bits per heavy atom. The van der Waals surface area contributed by atoms with Gasteiger partial charge in [0.25, 0.3) is 0 Å². The summed E-state index contributed by atoms with van der Waals surface area (Å²) >= 11 is 1.33. The minimum absolute atomic E-state index is 0.00532. The molecule has 0 fully saturated rings.